The zero-order chi connectivity index (χ0) is 13.9. The van der Waals surface area contributed by atoms with Crippen molar-refractivity contribution in [1.82, 2.24) is 4.98 Å². The zero-order valence-electron chi connectivity index (χ0n) is 10.4. The molecule has 0 aliphatic carbocycles. The van der Waals surface area contributed by atoms with Gasteiger partial charge in [-0.3, -0.25) is 4.98 Å². The van der Waals surface area contributed by atoms with Gasteiger partial charge in [-0.2, -0.15) is 0 Å². The third kappa shape index (κ3) is 2.36. The van der Waals surface area contributed by atoms with Gasteiger partial charge in [-0.1, -0.05) is 6.07 Å². The fraction of sp³-hybridized carbons (Fsp3) is 0. The van der Waals surface area contributed by atoms with Crippen molar-refractivity contribution in [1.29, 1.82) is 0 Å². The molecular formula is C16H10FNO2. The Morgan fingerprint density at radius 1 is 1.00 bits per heavy atom. The lowest BCUT2D eigenvalue weighted by Crippen LogP contribution is -2.08. The molecule has 0 saturated carbocycles. The van der Waals surface area contributed by atoms with E-state index in [0.29, 0.717) is 11.3 Å². The number of benzene rings is 2. The van der Waals surface area contributed by atoms with E-state index in [9.17, 15) is 9.18 Å². The first-order valence-electron chi connectivity index (χ1n) is 6.05. The third-order valence-electron chi connectivity index (χ3n) is 2.89. The SMILES string of the molecule is O=C(Oc1cccc2ncccc12)c1ccc(F)cc1. The number of nitrogens with zero attached hydrogens (tertiary/aromatic N) is 1. The van der Waals surface area contributed by atoms with Crippen LogP contribution in [0.3, 0.4) is 0 Å². The van der Waals surface area contributed by atoms with Crippen LogP contribution >= 0.6 is 0 Å². The second-order valence-electron chi connectivity index (χ2n) is 4.22. The number of rotatable bonds is 2. The van der Waals surface area contributed by atoms with Gasteiger partial charge in [-0.05, 0) is 48.5 Å². The van der Waals surface area contributed by atoms with Gasteiger partial charge in [0.15, 0.2) is 0 Å². The molecule has 1 heterocycles. The number of aromatic nitrogens is 1. The number of esters is 1. The highest BCUT2D eigenvalue weighted by atomic mass is 19.1. The lowest BCUT2D eigenvalue weighted by Gasteiger charge is -2.07. The Morgan fingerprint density at radius 3 is 2.60 bits per heavy atom. The summed E-state index contributed by atoms with van der Waals surface area (Å²) in [4.78, 5) is 16.2. The van der Waals surface area contributed by atoms with Crippen LogP contribution in [0.2, 0.25) is 0 Å². The van der Waals surface area contributed by atoms with E-state index >= 15 is 0 Å². The summed E-state index contributed by atoms with van der Waals surface area (Å²) in [5, 5.41) is 0.755. The topological polar surface area (TPSA) is 39.2 Å². The molecule has 0 aliphatic rings. The van der Waals surface area contributed by atoms with Crippen LogP contribution in [0.1, 0.15) is 10.4 Å². The van der Waals surface area contributed by atoms with E-state index < -0.39 is 11.8 Å². The molecule has 3 nitrogen and oxygen atoms in total. The first kappa shape index (κ1) is 12.3. The van der Waals surface area contributed by atoms with E-state index in [0.717, 1.165) is 10.9 Å². The van der Waals surface area contributed by atoms with Gasteiger partial charge in [0.25, 0.3) is 0 Å². The summed E-state index contributed by atoms with van der Waals surface area (Å²) in [5.74, 6) is -0.484. The van der Waals surface area contributed by atoms with Crippen LogP contribution in [0.25, 0.3) is 10.9 Å². The molecule has 98 valence electrons. The molecule has 0 saturated heterocycles. The lowest BCUT2D eigenvalue weighted by atomic mass is 10.2. The molecule has 1 aromatic heterocycles. The van der Waals surface area contributed by atoms with Gasteiger partial charge in [0.2, 0.25) is 0 Å². The molecule has 0 amide bonds. The molecule has 0 aliphatic heterocycles. The van der Waals surface area contributed by atoms with E-state index in [2.05, 4.69) is 4.98 Å². The van der Waals surface area contributed by atoms with Crippen molar-refractivity contribution in [2.45, 2.75) is 0 Å². The Hall–Kier alpha value is -2.75. The standard InChI is InChI=1S/C16H10FNO2/c17-12-8-6-11(7-9-12)16(19)20-15-5-1-4-14-13(15)3-2-10-18-14/h1-10H. The first-order valence-corrected chi connectivity index (χ1v) is 6.05. The summed E-state index contributed by atoms with van der Waals surface area (Å²) in [5.41, 5.74) is 1.05. The minimum absolute atomic E-state index is 0.298. The van der Waals surface area contributed by atoms with E-state index in [4.69, 9.17) is 4.74 Å². The predicted octanol–water partition coefficient (Wildman–Crippen LogP) is 3.59. The van der Waals surface area contributed by atoms with Gasteiger partial charge < -0.3 is 4.74 Å². The van der Waals surface area contributed by atoms with Gasteiger partial charge in [0.1, 0.15) is 11.6 Å². The fourth-order valence-electron chi connectivity index (χ4n) is 1.91. The zero-order valence-corrected chi connectivity index (χ0v) is 10.4. The molecule has 0 fully saturated rings. The minimum atomic E-state index is -0.527. The second-order valence-corrected chi connectivity index (χ2v) is 4.22. The maximum atomic E-state index is 12.8. The number of fused-ring (bicyclic) bond motifs is 1. The molecule has 4 heteroatoms. The number of carbonyl (C=O) groups excluding carboxylic acids is 1. The van der Waals surface area contributed by atoms with E-state index in [-0.39, 0.29) is 0 Å². The lowest BCUT2D eigenvalue weighted by molar-refractivity contribution is 0.0737. The van der Waals surface area contributed by atoms with Crippen molar-refractivity contribution in [3.05, 3.63) is 72.2 Å². The molecule has 3 rings (SSSR count). The van der Waals surface area contributed by atoms with Crippen LogP contribution in [-0.2, 0) is 0 Å². The second kappa shape index (κ2) is 5.09. The number of hydrogen-bond donors (Lipinski definition) is 0. The smallest absolute Gasteiger partial charge is 0.343 e. The number of hydrogen-bond acceptors (Lipinski definition) is 3. The van der Waals surface area contributed by atoms with E-state index in [1.165, 1.54) is 24.3 Å². The fourth-order valence-corrected chi connectivity index (χ4v) is 1.91. The Bertz CT molecular complexity index is 764. The maximum Gasteiger partial charge on any atom is 0.343 e. The van der Waals surface area contributed by atoms with Gasteiger partial charge in [-0.15, -0.1) is 0 Å². The molecule has 20 heavy (non-hydrogen) atoms. The summed E-state index contributed by atoms with van der Waals surface area (Å²) in [6.07, 6.45) is 1.67. The minimum Gasteiger partial charge on any atom is -0.422 e. The third-order valence-corrected chi connectivity index (χ3v) is 2.89. The Kier molecular flexibility index (Phi) is 3.13. The van der Waals surface area contributed by atoms with Crippen molar-refractivity contribution in [2.24, 2.45) is 0 Å². The Labute approximate surface area is 114 Å². The van der Waals surface area contributed by atoms with Crippen LogP contribution in [0.15, 0.2) is 60.8 Å². The normalized spacial score (nSPS) is 10.4. The molecule has 0 N–H and O–H groups in total. The molecule has 0 unspecified atom stereocenters. The van der Waals surface area contributed by atoms with Crippen LogP contribution in [0.4, 0.5) is 4.39 Å². The molecule has 3 aromatic rings. The first-order chi connectivity index (χ1) is 9.74. The average Bonchev–Trinajstić information content (AvgIpc) is 2.48. The summed E-state index contributed by atoms with van der Waals surface area (Å²) >= 11 is 0. The predicted molar refractivity (Wildman–Crippen MR) is 73.1 cm³/mol. The number of ether oxygens (including phenoxy) is 1. The summed E-state index contributed by atoms with van der Waals surface area (Å²) in [7, 11) is 0. The van der Waals surface area contributed by atoms with Crippen LogP contribution in [-0.4, -0.2) is 11.0 Å². The number of halogens is 1. The Morgan fingerprint density at radius 2 is 1.80 bits per heavy atom. The quantitative estimate of drug-likeness (QED) is 0.526. The summed E-state index contributed by atoms with van der Waals surface area (Å²) < 4.78 is 18.2. The molecule has 0 bridgehead atoms. The van der Waals surface area contributed by atoms with Gasteiger partial charge >= 0.3 is 5.97 Å². The van der Waals surface area contributed by atoms with Crippen molar-refractivity contribution in [3.63, 3.8) is 0 Å². The van der Waals surface area contributed by atoms with Crippen LogP contribution in [0.5, 0.6) is 5.75 Å². The molecule has 0 atom stereocenters. The van der Waals surface area contributed by atoms with Crippen molar-refractivity contribution < 1.29 is 13.9 Å². The highest BCUT2D eigenvalue weighted by Crippen LogP contribution is 2.24. The highest BCUT2D eigenvalue weighted by molar-refractivity contribution is 5.94. The van der Waals surface area contributed by atoms with E-state index in [1.807, 2.05) is 12.1 Å². The summed E-state index contributed by atoms with van der Waals surface area (Å²) in [6.45, 7) is 0. The van der Waals surface area contributed by atoms with Crippen molar-refractivity contribution in [2.75, 3.05) is 0 Å². The maximum absolute atomic E-state index is 12.8. The van der Waals surface area contributed by atoms with Gasteiger partial charge in [0.05, 0.1) is 11.1 Å². The monoisotopic (exact) mass is 267 g/mol. The number of pyridine rings is 1. The largest absolute Gasteiger partial charge is 0.422 e. The number of carbonyl (C=O) groups is 1. The Balaban J connectivity index is 1.93. The molecule has 0 spiro atoms. The van der Waals surface area contributed by atoms with Crippen LogP contribution < -0.4 is 4.74 Å². The van der Waals surface area contributed by atoms with Crippen molar-refractivity contribution >= 4 is 16.9 Å². The molecular weight excluding hydrogens is 257 g/mol. The average molecular weight is 267 g/mol. The molecule has 2 aromatic carbocycles. The van der Waals surface area contributed by atoms with Crippen molar-refractivity contribution in [3.8, 4) is 5.75 Å². The van der Waals surface area contributed by atoms with Gasteiger partial charge in [0, 0.05) is 11.6 Å². The van der Waals surface area contributed by atoms with Crippen LogP contribution in [0, 0.1) is 5.82 Å². The highest BCUT2D eigenvalue weighted by Gasteiger charge is 2.10. The summed E-state index contributed by atoms with van der Waals surface area (Å²) in [6, 6.07) is 14.1. The van der Waals surface area contributed by atoms with Gasteiger partial charge in [-0.25, -0.2) is 9.18 Å². The van der Waals surface area contributed by atoms with E-state index in [1.54, 1.807) is 24.4 Å². The molecule has 0 radical (unpaired) electrons.